The van der Waals surface area contributed by atoms with Gasteiger partial charge in [-0.05, 0) is 35.9 Å². The lowest BCUT2D eigenvalue weighted by molar-refractivity contribution is 0.0953. The Hall–Kier alpha value is -1.85. The van der Waals surface area contributed by atoms with Crippen LogP contribution in [0.4, 0.5) is 0 Å². The van der Waals surface area contributed by atoms with Crippen LogP contribution in [0.3, 0.4) is 0 Å². The number of ether oxygens (including phenoxy) is 1. The van der Waals surface area contributed by atoms with Crippen LogP contribution >= 0.6 is 15.9 Å². The van der Waals surface area contributed by atoms with Crippen molar-refractivity contribution in [1.29, 1.82) is 0 Å². The third kappa shape index (κ3) is 3.81. The zero-order chi connectivity index (χ0) is 13.7. The Morgan fingerprint density at radius 2 is 1.95 bits per heavy atom. The number of nitrogens with two attached hydrogens (primary N) is 1. The topological polar surface area (TPSA) is 64.3 Å². The number of halogens is 1. The van der Waals surface area contributed by atoms with Gasteiger partial charge in [-0.3, -0.25) is 10.2 Å². The van der Waals surface area contributed by atoms with Crippen LogP contribution < -0.4 is 16.0 Å². The van der Waals surface area contributed by atoms with Crippen molar-refractivity contribution in [2.24, 2.45) is 5.84 Å². The summed E-state index contributed by atoms with van der Waals surface area (Å²) >= 11 is 3.38. The van der Waals surface area contributed by atoms with E-state index >= 15 is 0 Å². The normalized spacial score (nSPS) is 10.0. The van der Waals surface area contributed by atoms with Crippen molar-refractivity contribution in [2.75, 3.05) is 0 Å². The van der Waals surface area contributed by atoms with Crippen LogP contribution in [-0.2, 0) is 6.61 Å². The third-order valence-electron chi connectivity index (χ3n) is 2.55. The van der Waals surface area contributed by atoms with Gasteiger partial charge >= 0.3 is 0 Å². The minimum atomic E-state index is -0.339. The van der Waals surface area contributed by atoms with Gasteiger partial charge in [0.25, 0.3) is 5.91 Å². The van der Waals surface area contributed by atoms with E-state index in [2.05, 4.69) is 21.4 Å². The molecule has 0 aromatic heterocycles. The maximum atomic E-state index is 11.4. The van der Waals surface area contributed by atoms with E-state index in [0.717, 1.165) is 10.0 Å². The van der Waals surface area contributed by atoms with Crippen molar-refractivity contribution in [3.63, 3.8) is 0 Å². The second-order valence-corrected chi connectivity index (χ2v) is 4.83. The van der Waals surface area contributed by atoms with Gasteiger partial charge < -0.3 is 4.74 Å². The molecule has 19 heavy (non-hydrogen) atoms. The summed E-state index contributed by atoms with van der Waals surface area (Å²) in [5.41, 5.74) is 3.61. The summed E-state index contributed by atoms with van der Waals surface area (Å²) in [4.78, 5) is 11.4. The molecule has 0 spiro atoms. The van der Waals surface area contributed by atoms with Gasteiger partial charge in [0.1, 0.15) is 12.4 Å². The fourth-order valence-corrected chi connectivity index (χ4v) is 1.82. The molecule has 0 aliphatic carbocycles. The molecule has 0 radical (unpaired) electrons. The third-order valence-corrected chi connectivity index (χ3v) is 3.07. The number of nitrogens with one attached hydrogen (secondary N) is 1. The van der Waals surface area contributed by atoms with E-state index in [-0.39, 0.29) is 5.91 Å². The average molecular weight is 321 g/mol. The highest BCUT2D eigenvalue weighted by molar-refractivity contribution is 9.10. The van der Waals surface area contributed by atoms with Crippen LogP contribution in [0.1, 0.15) is 15.9 Å². The molecule has 0 saturated heterocycles. The number of amides is 1. The van der Waals surface area contributed by atoms with E-state index in [1.54, 1.807) is 24.3 Å². The van der Waals surface area contributed by atoms with Gasteiger partial charge in [-0.2, -0.15) is 0 Å². The minimum Gasteiger partial charge on any atom is -0.489 e. The van der Waals surface area contributed by atoms with Crippen molar-refractivity contribution in [2.45, 2.75) is 6.61 Å². The molecule has 0 fully saturated rings. The number of nitrogen functional groups attached to an aromatic ring is 1. The number of hydrogen-bond acceptors (Lipinski definition) is 3. The van der Waals surface area contributed by atoms with Crippen LogP contribution in [0.25, 0.3) is 0 Å². The first-order chi connectivity index (χ1) is 9.19. The molecule has 0 unspecified atom stereocenters. The van der Waals surface area contributed by atoms with E-state index < -0.39 is 0 Å². The SMILES string of the molecule is NNC(=O)c1cccc(OCc2ccc(Br)cc2)c1. The predicted octanol–water partition coefficient (Wildman–Crippen LogP) is 2.63. The predicted molar refractivity (Wildman–Crippen MR) is 76.6 cm³/mol. The lowest BCUT2D eigenvalue weighted by Gasteiger charge is -2.07. The molecule has 0 aliphatic rings. The minimum absolute atomic E-state index is 0.339. The van der Waals surface area contributed by atoms with Gasteiger partial charge in [0.15, 0.2) is 0 Å². The van der Waals surface area contributed by atoms with Gasteiger partial charge in [0, 0.05) is 10.0 Å². The van der Waals surface area contributed by atoms with Crippen molar-refractivity contribution >= 4 is 21.8 Å². The fourth-order valence-electron chi connectivity index (χ4n) is 1.56. The number of rotatable bonds is 4. The van der Waals surface area contributed by atoms with Crippen molar-refractivity contribution in [3.05, 3.63) is 64.1 Å². The summed E-state index contributed by atoms with van der Waals surface area (Å²) in [6.07, 6.45) is 0. The molecule has 0 aliphatic heterocycles. The number of hydrazine groups is 1. The number of benzene rings is 2. The number of carbonyl (C=O) groups excluding carboxylic acids is 1. The van der Waals surface area contributed by atoms with Gasteiger partial charge in [-0.1, -0.05) is 34.1 Å². The Morgan fingerprint density at radius 1 is 1.21 bits per heavy atom. The Balaban J connectivity index is 2.03. The van der Waals surface area contributed by atoms with Crippen LogP contribution in [0.15, 0.2) is 53.0 Å². The Morgan fingerprint density at radius 3 is 2.63 bits per heavy atom. The first-order valence-corrected chi connectivity index (χ1v) is 6.46. The first-order valence-electron chi connectivity index (χ1n) is 5.67. The lowest BCUT2D eigenvalue weighted by atomic mass is 10.2. The highest BCUT2D eigenvalue weighted by Gasteiger charge is 2.04. The number of carbonyl (C=O) groups is 1. The van der Waals surface area contributed by atoms with Gasteiger partial charge in [0.05, 0.1) is 0 Å². The maximum absolute atomic E-state index is 11.4. The highest BCUT2D eigenvalue weighted by Crippen LogP contribution is 2.16. The van der Waals surface area contributed by atoms with Crippen LogP contribution in [0.2, 0.25) is 0 Å². The monoisotopic (exact) mass is 320 g/mol. The molecule has 2 aromatic carbocycles. The molecule has 0 atom stereocenters. The standard InChI is InChI=1S/C14H13BrN2O2/c15-12-6-4-10(5-7-12)9-19-13-3-1-2-11(8-13)14(18)17-16/h1-8H,9,16H2,(H,17,18). The highest BCUT2D eigenvalue weighted by atomic mass is 79.9. The average Bonchev–Trinajstić information content (AvgIpc) is 2.46. The molecule has 2 rings (SSSR count). The smallest absolute Gasteiger partial charge is 0.265 e. The van der Waals surface area contributed by atoms with Crippen LogP contribution in [-0.4, -0.2) is 5.91 Å². The summed E-state index contributed by atoms with van der Waals surface area (Å²) in [5.74, 6) is 5.38. The van der Waals surface area contributed by atoms with Gasteiger partial charge in [0.2, 0.25) is 0 Å². The summed E-state index contributed by atoms with van der Waals surface area (Å²) in [6.45, 7) is 0.445. The van der Waals surface area contributed by atoms with Crippen molar-refractivity contribution in [1.82, 2.24) is 5.43 Å². The van der Waals surface area contributed by atoms with E-state index in [9.17, 15) is 4.79 Å². The van der Waals surface area contributed by atoms with E-state index in [0.29, 0.717) is 17.9 Å². The molecular formula is C14H13BrN2O2. The summed E-state index contributed by atoms with van der Waals surface area (Å²) in [6, 6.07) is 14.7. The Kier molecular flexibility index (Phi) is 4.54. The molecule has 0 bridgehead atoms. The van der Waals surface area contributed by atoms with Crippen LogP contribution in [0.5, 0.6) is 5.75 Å². The van der Waals surface area contributed by atoms with E-state index in [4.69, 9.17) is 10.6 Å². The lowest BCUT2D eigenvalue weighted by Crippen LogP contribution is -2.29. The summed E-state index contributed by atoms with van der Waals surface area (Å²) in [7, 11) is 0. The van der Waals surface area contributed by atoms with Crippen molar-refractivity contribution < 1.29 is 9.53 Å². The second-order valence-electron chi connectivity index (χ2n) is 3.92. The molecular weight excluding hydrogens is 308 g/mol. The molecule has 4 nitrogen and oxygen atoms in total. The zero-order valence-electron chi connectivity index (χ0n) is 10.1. The molecule has 98 valence electrons. The molecule has 1 amide bonds. The molecule has 2 aromatic rings. The largest absolute Gasteiger partial charge is 0.489 e. The maximum Gasteiger partial charge on any atom is 0.265 e. The Bertz CT molecular complexity index is 570. The summed E-state index contributed by atoms with van der Waals surface area (Å²) in [5, 5.41) is 0. The van der Waals surface area contributed by atoms with Gasteiger partial charge in [-0.25, -0.2) is 5.84 Å². The second kappa shape index (κ2) is 6.36. The molecule has 0 heterocycles. The molecule has 3 N–H and O–H groups in total. The zero-order valence-corrected chi connectivity index (χ0v) is 11.7. The van der Waals surface area contributed by atoms with Crippen molar-refractivity contribution in [3.8, 4) is 5.75 Å². The quantitative estimate of drug-likeness (QED) is 0.517. The fraction of sp³-hybridized carbons (Fsp3) is 0.0714. The van der Waals surface area contributed by atoms with E-state index in [1.165, 1.54) is 0 Å². The molecule has 0 saturated carbocycles. The van der Waals surface area contributed by atoms with Gasteiger partial charge in [-0.15, -0.1) is 0 Å². The first kappa shape index (κ1) is 13.6. The Labute approximate surface area is 119 Å². The summed E-state index contributed by atoms with van der Waals surface area (Å²) < 4.78 is 6.66. The number of hydrogen-bond donors (Lipinski definition) is 2. The van der Waals surface area contributed by atoms with E-state index in [1.807, 2.05) is 24.3 Å². The molecule has 5 heteroatoms. The van der Waals surface area contributed by atoms with Crippen LogP contribution in [0, 0.1) is 0 Å².